The van der Waals surface area contributed by atoms with Crippen LogP contribution >= 0.6 is 0 Å². The van der Waals surface area contributed by atoms with Crippen molar-refractivity contribution in [3.8, 4) is 0 Å². The van der Waals surface area contributed by atoms with Gasteiger partial charge in [0.15, 0.2) is 0 Å². The molecule has 0 N–H and O–H groups in total. The average molecular weight is 280 g/mol. The molecule has 0 saturated carbocycles. The first-order chi connectivity index (χ1) is 9.69. The quantitative estimate of drug-likeness (QED) is 0.556. The summed E-state index contributed by atoms with van der Waals surface area (Å²) in [5.74, 6) is 0. The van der Waals surface area contributed by atoms with Crippen molar-refractivity contribution in [2.75, 3.05) is 0 Å². The third kappa shape index (κ3) is 3.61. The van der Waals surface area contributed by atoms with Gasteiger partial charge in [0.25, 0.3) is 0 Å². The fraction of sp³-hybridized carbons (Fsp3) is 0.421. The predicted molar refractivity (Wildman–Crippen MR) is 87.9 cm³/mol. The van der Waals surface area contributed by atoms with Gasteiger partial charge in [-0.05, 0) is 65.8 Å². The highest BCUT2D eigenvalue weighted by molar-refractivity contribution is 5.33. The molecule has 0 aromatic rings. The molecule has 2 radical (unpaired) electrons. The van der Waals surface area contributed by atoms with Gasteiger partial charge in [-0.15, -0.1) is 0 Å². The number of allylic oxidation sites excluding steroid dienone is 4. The van der Waals surface area contributed by atoms with Crippen LogP contribution in [0, 0.1) is 6.67 Å². The molecule has 110 valence electrons. The highest BCUT2D eigenvalue weighted by Crippen LogP contribution is 2.31. The van der Waals surface area contributed by atoms with Crippen LogP contribution in [-0.4, -0.2) is 20.9 Å². The average Bonchev–Trinajstić information content (AvgIpc) is 2.96. The van der Waals surface area contributed by atoms with Gasteiger partial charge in [0.1, 0.15) is 0 Å². The number of nitrogens with zero attached hydrogens (tertiary/aromatic N) is 2. The summed E-state index contributed by atoms with van der Waals surface area (Å²) in [6.45, 7) is 16.6. The molecular weight excluding hydrogens is 256 g/mol. The van der Waals surface area contributed by atoms with Crippen LogP contribution < -0.4 is 0 Å². The number of rotatable bonds is 4. The second-order valence-corrected chi connectivity index (χ2v) is 7.22. The van der Waals surface area contributed by atoms with Crippen molar-refractivity contribution in [2.45, 2.75) is 52.6 Å². The zero-order valence-electron chi connectivity index (χ0n) is 13.9. The Balaban J connectivity index is 2.33. The van der Waals surface area contributed by atoms with Gasteiger partial charge in [-0.2, -0.15) is 0 Å². The Morgan fingerprint density at radius 2 is 1.14 bits per heavy atom. The van der Waals surface area contributed by atoms with Crippen molar-refractivity contribution in [3.63, 3.8) is 0 Å². The van der Waals surface area contributed by atoms with Crippen LogP contribution in [0.25, 0.3) is 0 Å². The monoisotopic (exact) mass is 280 g/mol. The highest BCUT2D eigenvalue weighted by atomic mass is 15.4. The van der Waals surface area contributed by atoms with Gasteiger partial charge in [0.05, 0.1) is 11.4 Å². The summed E-state index contributed by atoms with van der Waals surface area (Å²) in [6, 6.07) is 0. The molecule has 0 aromatic heterocycles. The minimum Gasteiger partial charge on any atom is -0.330 e. The van der Waals surface area contributed by atoms with E-state index < -0.39 is 0 Å². The Labute approximate surface area is 129 Å². The standard InChI is InChI=1S/C19H24N2/c1-18(2,3)20(16-11-7-8-12-16)15-21(19(4,5)6)17-13-9-10-14-17/h7-11,13H,1-6H3. The first-order valence-corrected chi connectivity index (χ1v) is 7.33. The maximum Gasteiger partial charge on any atom is 0.210 e. The SMILES string of the molecule is CC(C)(C)N([C]N(C1=C=CC=C1)C(C)(C)C)C1=C=CC=C1. The molecule has 21 heavy (non-hydrogen) atoms. The summed E-state index contributed by atoms with van der Waals surface area (Å²) in [7, 11) is 0. The number of hydrogen-bond donors (Lipinski definition) is 0. The molecule has 0 fully saturated rings. The lowest BCUT2D eigenvalue weighted by Crippen LogP contribution is -2.48. The molecule has 0 spiro atoms. The minimum atomic E-state index is -0.0824. The second-order valence-electron chi connectivity index (χ2n) is 7.22. The zero-order chi connectivity index (χ0) is 15.7. The third-order valence-corrected chi connectivity index (χ3v) is 3.19. The lowest BCUT2D eigenvalue weighted by atomic mass is 10.0. The summed E-state index contributed by atoms with van der Waals surface area (Å²) in [5, 5.41) is 0. The molecule has 0 atom stereocenters. The van der Waals surface area contributed by atoms with Crippen LogP contribution in [0.3, 0.4) is 0 Å². The summed E-state index contributed by atoms with van der Waals surface area (Å²) >= 11 is 0. The zero-order valence-corrected chi connectivity index (χ0v) is 13.9. The molecule has 0 aliphatic heterocycles. The molecule has 0 unspecified atom stereocenters. The molecule has 0 amide bonds. The van der Waals surface area contributed by atoms with Crippen molar-refractivity contribution >= 4 is 0 Å². The van der Waals surface area contributed by atoms with Crippen molar-refractivity contribution in [1.82, 2.24) is 9.80 Å². The minimum absolute atomic E-state index is 0.0824. The van der Waals surface area contributed by atoms with Crippen molar-refractivity contribution in [2.24, 2.45) is 0 Å². The molecule has 2 rings (SSSR count). The predicted octanol–water partition coefficient (Wildman–Crippen LogP) is 4.40. The molecular formula is C19H24N2. The highest BCUT2D eigenvalue weighted by Gasteiger charge is 2.32. The molecule has 0 bridgehead atoms. The van der Waals surface area contributed by atoms with Crippen molar-refractivity contribution in [3.05, 3.63) is 66.0 Å². The smallest absolute Gasteiger partial charge is 0.210 e. The van der Waals surface area contributed by atoms with Gasteiger partial charge in [-0.25, -0.2) is 0 Å². The van der Waals surface area contributed by atoms with E-state index in [0.29, 0.717) is 0 Å². The summed E-state index contributed by atoms with van der Waals surface area (Å²) in [6.07, 6.45) is 12.0. The van der Waals surface area contributed by atoms with Crippen LogP contribution in [-0.2, 0) is 0 Å². The Kier molecular flexibility index (Phi) is 4.05. The fourth-order valence-electron chi connectivity index (χ4n) is 2.15. The maximum absolute atomic E-state index is 3.54. The van der Waals surface area contributed by atoms with Gasteiger partial charge < -0.3 is 9.80 Å². The van der Waals surface area contributed by atoms with Crippen LogP contribution in [0.5, 0.6) is 0 Å². The Morgan fingerprint density at radius 3 is 1.38 bits per heavy atom. The van der Waals surface area contributed by atoms with E-state index in [1.165, 1.54) is 0 Å². The lowest BCUT2D eigenvalue weighted by molar-refractivity contribution is 0.121. The van der Waals surface area contributed by atoms with Crippen LogP contribution in [0.2, 0.25) is 0 Å². The van der Waals surface area contributed by atoms with Crippen molar-refractivity contribution in [1.29, 1.82) is 0 Å². The lowest BCUT2D eigenvalue weighted by Gasteiger charge is -2.44. The van der Waals surface area contributed by atoms with Crippen LogP contribution in [0.4, 0.5) is 0 Å². The van der Waals surface area contributed by atoms with E-state index in [2.05, 4.69) is 81.6 Å². The van der Waals surface area contributed by atoms with Gasteiger partial charge in [-0.3, -0.25) is 0 Å². The van der Waals surface area contributed by atoms with Gasteiger partial charge in [-0.1, -0.05) is 23.6 Å². The molecule has 2 nitrogen and oxygen atoms in total. The van der Waals surface area contributed by atoms with E-state index in [4.69, 9.17) is 0 Å². The number of hydrogen-bond acceptors (Lipinski definition) is 2. The molecule has 0 saturated heterocycles. The Morgan fingerprint density at radius 1 is 0.762 bits per heavy atom. The first kappa shape index (κ1) is 15.5. The molecule has 0 aromatic carbocycles. The Bertz CT molecular complexity index is 536. The topological polar surface area (TPSA) is 6.48 Å². The fourth-order valence-corrected chi connectivity index (χ4v) is 2.15. The van der Waals surface area contributed by atoms with E-state index in [1.807, 2.05) is 24.3 Å². The van der Waals surface area contributed by atoms with E-state index in [9.17, 15) is 0 Å². The summed E-state index contributed by atoms with van der Waals surface area (Å²) in [4.78, 5) is 4.28. The molecule has 0 heterocycles. The van der Waals surface area contributed by atoms with E-state index in [1.54, 1.807) is 0 Å². The van der Waals surface area contributed by atoms with Crippen molar-refractivity contribution < 1.29 is 0 Å². The third-order valence-electron chi connectivity index (χ3n) is 3.19. The molecule has 2 aliphatic carbocycles. The molecule has 2 aliphatic rings. The summed E-state index contributed by atoms with van der Waals surface area (Å²) < 4.78 is 0. The summed E-state index contributed by atoms with van der Waals surface area (Å²) in [5.41, 5.74) is 8.44. The largest absolute Gasteiger partial charge is 0.330 e. The second kappa shape index (κ2) is 5.48. The van der Waals surface area contributed by atoms with E-state index >= 15 is 0 Å². The van der Waals surface area contributed by atoms with Gasteiger partial charge >= 0.3 is 0 Å². The van der Waals surface area contributed by atoms with Gasteiger partial charge in [0.2, 0.25) is 6.67 Å². The van der Waals surface area contributed by atoms with Crippen LogP contribution in [0.1, 0.15) is 41.5 Å². The Hall–Kier alpha value is -1.88. The van der Waals surface area contributed by atoms with E-state index in [-0.39, 0.29) is 11.1 Å². The maximum atomic E-state index is 3.54. The normalized spacial score (nSPS) is 16.5. The van der Waals surface area contributed by atoms with Crippen LogP contribution in [0.15, 0.2) is 59.3 Å². The molecule has 2 heteroatoms. The van der Waals surface area contributed by atoms with E-state index in [0.717, 1.165) is 11.4 Å². The first-order valence-electron chi connectivity index (χ1n) is 7.33. The van der Waals surface area contributed by atoms with Gasteiger partial charge in [0, 0.05) is 11.1 Å².